The van der Waals surface area contributed by atoms with Crippen molar-refractivity contribution in [3.63, 3.8) is 0 Å². The van der Waals surface area contributed by atoms with Gasteiger partial charge >= 0.3 is 5.97 Å². The number of carbonyl (C=O) groups is 1. The first-order chi connectivity index (χ1) is 11.0. The van der Waals surface area contributed by atoms with Gasteiger partial charge in [0.2, 0.25) is 0 Å². The number of esters is 1. The Balaban J connectivity index is 2.24. The van der Waals surface area contributed by atoms with Crippen LogP contribution in [-0.4, -0.2) is 44.9 Å². The third-order valence-electron chi connectivity index (χ3n) is 3.90. The maximum Gasteiger partial charge on any atom is 0.323 e. The summed E-state index contributed by atoms with van der Waals surface area (Å²) in [4.78, 5) is 13.8. The van der Waals surface area contributed by atoms with Gasteiger partial charge in [-0.25, -0.2) is 0 Å². The molecule has 2 rings (SSSR count). The SMILES string of the molecule is CCOC(=O)C(N)Cc1cc(Cl)c(N2CCOCC2)c(Cl)c1C. The van der Waals surface area contributed by atoms with Gasteiger partial charge in [0.15, 0.2) is 0 Å². The number of ether oxygens (including phenoxy) is 2. The maximum absolute atomic E-state index is 11.7. The Morgan fingerprint density at radius 2 is 2.09 bits per heavy atom. The lowest BCUT2D eigenvalue weighted by molar-refractivity contribution is -0.144. The summed E-state index contributed by atoms with van der Waals surface area (Å²) in [7, 11) is 0. The smallest absolute Gasteiger partial charge is 0.323 e. The number of rotatable bonds is 5. The van der Waals surface area contributed by atoms with Gasteiger partial charge in [0.25, 0.3) is 0 Å². The largest absolute Gasteiger partial charge is 0.465 e. The van der Waals surface area contributed by atoms with E-state index in [0.29, 0.717) is 36.3 Å². The second-order valence-electron chi connectivity index (χ2n) is 5.47. The molecule has 23 heavy (non-hydrogen) atoms. The summed E-state index contributed by atoms with van der Waals surface area (Å²) < 4.78 is 10.3. The first-order valence-electron chi connectivity index (χ1n) is 7.68. The fourth-order valence-electron chi connectivity index (χ4n) is 2.61. The van der Waals surface area contributed by atoms with Gasteiger partial charge in [-0.05, 0) is 37.5 Å². The van der Waals surface area contributed by atoms with Crippen molar-refractivity contribution >= 4 is 34.9 Å². The number of nitrogens with zero attached hydrogens (tertiary/aromatic N) is 1. The van der Waals surface area contributed by atoms with Crippen LogP contribution in [0.15, 0.2) is 6.07 Å². The molecule has 5 nitrogen and oxygen atoms in total. The fourth-order valence-corrected chi connectivity index (χ4v) is 3.35. The van der Waals surface area contributed by atoms with Crippen molar-refractivity contribution in [3.8, 4) is 0 Å². The summed E-state index contributed by atoms with van der Waals surface area (Å²) >= 11 is 13.0. The average molecular weight is 361 g/mol. The molecule has 1 unspecified atom stereocenters. The number of hydrogen-bond acceptors (Lipinski definition) is 5. The highest BCUT2D eigenvalue weighted by Crippen LogP contribution is 2.38. The highest BCUT2D eigenvalue weighted by Gasteiger charge is 2.23. The molecule has 1 saturated heterocycles. The molecule has 0 radical (unpaired) electrons. The van der Waals surface area contributed by atoms with E-state index in [9.17, 15) is 4.79 Å². The maximum atomic E-state index is 11.7. The first-order valence-corrected chi connectivity index (χ1v) is 8.43. The van der Waals surface area contributed by atoms with Crippen molar-refractivity contribution < 1.29 is 14.3 Å². The number of hydrogen-bond donors (Lipinski definition) is 1. The van der Waals surface area contributed by atoms with Crippen LogP contribution in [0.3, 0.4) is 0 Å². The van der Waals surface area contributed by atoms with E-state index in [4.69, 9.17) is 38.4 Å². The van der Waals surface area contributed by atoms with Crippen molar-refractivity contribution in [1.82, 2.24) is 0 Å². The zero-order valence-electron chi connectivity index (χ0n) is 13.4. The minimum atomic E-state index is -0.727. The molecule has 1 atom stereocenters. The Labute approximate surface area is 146 Å². The van der Waals surface area contributed by atoms with Crippen molar-refractivity contribution in [2.45, 2.75) is 26.3 Å². The van der Waals surface area contributed by atoms with Gasteiger partial charge in [-0.15, -0.1) is 0 Å². The lowest BCUT2D eigenvalue weighted by Crippen LogP contribution is -2.37. The van der Waals surface area contributed by atoms with Crippen LogP contribution in [0.2, 0.25) is 10.0 Å². The van der Waals surface area contributed by atoms with Crippen molar-refractivity contribution in [2.75, 3.05) is 37.8 Å². The molecule has 0 aromatic heterocycles. The van der Waals surface area contributed by atoms with Gasteiger partial charge in [-0.1, -0.05) is 23.2 Å². The van der Waals surface area contributed by atoms with Crippen LogP contribution in [0.5, 0.6) is 0 Å². The van der Waals surface area contributed by atoms with E-state index >= 15 is 0 Å². The van der Waals surface area contributed by atoms with E-state index in [-0.39, 0.29) is 0 Å². The number of benzene rings is 1. The second-order valence-corrected chi connectivity index (χ2v) is 6.25. The Hall–Kier alpha value is -1.01. The minimum Gasteiger partial charge on any atom is -0.465 e. The summed E-state index contributed by atoms with van der Waals surface area (Å²) in [5, 5.41) is 1.17. The van der Waals surface area contributed by atoms with Crippen LogP contribution in [0.25, 0.3) is 0 Å². The van der Waals surface area contributed by atoms with E-state index in [1.165, 1.54) is 0 Å². The molecule has 7 heteroatoms. The van der Waals surface area contributed by atoms with Crippen LogP contribution >= 0.6 is 23.2 Å². The van der Waals surface area contributed by atoms with Crippen LogP contribution in [0.1, 0.15) is 18.1 Å². The van der Waals surface area contributed by atoms with Crippen molar-refractivity contribution in [2.24, 2.45) is 5.73 Å². The van der Waals surface area contributed by atoms with Crippen LogP contribution < -0.4 is 10.6 Å². The van der Waals surface area contributed by atoms with Crippen LogP contribution in [0, 0.1) is 6.92 Å². The van der Waals surface area contributed by atoms with Crippen LogP contribution in [-0.2, 0) is 20.7 Å². The molecule has 1 aromatic carbocycles. The van der Waals surface area contributed by atoms with Gasteiger partial charge < -0.3 is 20.1 Å². The molecular formula is C16H22Cl2N2O3. The monoisotopic (exact) mass is 360 g/mol. The van der Waals surface area contributed by atoms with Gasteiger partial charge in [-0.2, -0.15) is 0 Å². The molecule has 0 saturated carbocycles. The number of nitrogens with two attached hydrogens (primary N) is 1. The molecule has 128 valence electrons. The molecule has 0 spiro atoms. The van der Waals surface area contributed by atoms with Gasteiger partial charge in [0.05, 0.1) is 35.6 Å². The molecule has 0 amide bonds. The lowest BCUT2D eigenvalue weighted by Gasteiger charge is -2.31. The fraction of sp³-hybridized carbons (Fsp3) is 0.562. The molecule has 2 N–H and O–H groups in total. The standard InChI is InChI=1S/C16H22Cl2N2O3/c1-3-23-16(21)13(19)9-11-8-12(17)15(14(18)10(11)2)20-4-6-22-7-5-20/h8,13H,3-7,9,19H2,1-2H3. The van der Waals surface area contributed by atoms with Gasteiger partial charge in [0, 0.05) is 13.1 Å². The normalized spacial score (nSPS) is 16.3. The van der Waals surface area contributed by atoms with Crippen molar-refractivity contribution in [3.05, 3.63) is 27.2 Å². The molecule has 1 heterocycles. The number of halogens is 2. The molecule has 0 bridgehead atoms. The molecule has 1 aromatic rings. The molecule has 0 aliphatic carbocycles. The molecule has 1 aliphatic heterocycles. The number of anilines is 1. The zero-order chi connectivity index (χ0) is 17.0. The molecular weight excluding hydrogens is 339 g/mol. The predicted molar refractivity (Wildman–Crippen MR) is 92.5 cm³/mol. The van der Waals surface area contributed by atoms with Gasteiger partial charge in [-0.3, -0.25) is 4.79 Å². The van der Waals surface area contributed by atoms with E-state index in [1.807, 2.05) is 13.0 Å². The highest BCUT2D eigenvalue weighted by molar-refractivity contribution is 6.39. The Kier molecular flexibility index (Phi) is 6.53. The highest BCUT2D eigenvalue weighted by atomic mass is 35.5. The average Bonchev–Trinajstić information content (AvgIpc) is 2.53. The zero-order valence-corrected chi connectivity index (χ0v) is 14.9. The van der Waals surface area contributed by atoms with E-state index < -0.39 is 12.0 Å². The van der Waals surface area contributed by atoms with E-state index in [1.54, 1.807) is 6.92 Å². The summed E-state index contributed by atoms with van der Waals surface area (Å²) in [6.07, 6.45) is 0.341. The topological polar surface area (TPSA) is 64.8 Å². The van der Waals surface area contributed by atoms with Gasteiger partial charge in [0.1, 0.15) is 6.04 Å². The minimum absolute atomic E-state index is 0.309. The Morgan fingerprint density at radius 1 is 1.43 bits per heavy atom. The third kappa shape index (κ3) is 4.29. The second kappa shape index (κ2) is 8.20. The quantitative estimate of drug-likeness (QED) is 0.817. The number of morpholine rings is 1. The first kappa shape index (κ1) is 18.3. The predicted octanol–water partition coefficient (Wildman–Crippen LogP) is 2.57. The Bertz CT molecular complexity index is 575. The number of carbonyl (C=O) groups excluding carboxylic acids is 1. The van der Waals surface area contributed by atoms with Crippen molar-refractivity contribution in [1.29, 1.82) is 0 Å². The summed E-state index contributed by atoms with van der Waals surface area (Å²) in [5.74, 6) is -0.420. The lowest BCUT2D eigenvalue weighted by atomic mass is 10.00. The summed E-state index contributed by atoms with van der Waals surface area (Å²) in [5.41, 5.74) is 8.46. The summed E-state index contributed by atoms with van der Waals surface area (Å²) in [6.45, 7) is 6.78. The molecule has 1 fully saturated rings. The Morgan fingerprint density at radius 3 is 2.70 bits per heavy atom. The summed E-state index contributed by atoms with van der Waals surface area (Å²) in [6, 6.07) is 1.11. The van der Waals surface area contributed by atoms with Crippen LogP contribution in [0.4, 0.5) is 5.69 Å². The third-order valence-corrected chi connectivity index (χ3v) is 4.65. The van der Waals surface area contributed by atoms with E-state index in [0.717, 1.165) is 29.9 Å². The van der Waals surface area contributed by atoms with E-state index in [2.05, 4.69) is 4.90 Å². The molecule has 1 aliphatic rings.